The van der Waals surface area contributed by atoms with E-state index in [0.29, 0.717) is 28.2 Å². The summed E-state index contributed by atoms with van der Waals surface area (Å²) in [7, 11) is 4.73. The van der Waals surface area contributed by atoms with E-state index in [1.165, 1.54) is 5.56 Å². The standard InChI is InChI=1S/C24H24N4O4S/c1-12-6-7-16-19(8-12)33-24(25-16)28-23-21(13(2)27-28)15(11-20(29)26-23)14-9-17(30-3)22(32-5)18(10-14)31-4/h6-10,15H,11H2,1-5H3,(H,26,29)/t15-/m0/s1. The highest BCUT2D eigenvalue weighted by atomic mass is 32.1. The van der Waals surface area contributed by atoms with Gasteiger partial charge in [-0.05, 0) is 49.2 Å². The summed E-state index contributed by atoms with van der Waals surface area (Å²) >= 11 is 1.55. The van der Waals surface area contributed by atoms with Crippen molar-refractivity contribution in [2.24, 2.45) is 0 Å². The Morgan fingerprint density at radius 3 is 2.45 bits per heavy atom. The molecular formula is C24H24N4O4S. The summed E-state index contributed by atoms with van der Waals surface area (Å²) in [5, 5.41) is 8.51. The SMILES string of the molecule is COc1cc([C@@H]2CC(=O)Nc3c2c(C)nn3-c2nc3ccc(C)cc3s2)cc(OC)c1OC. The Hall–Kier alpha value is -3.59. The number of aromatic nitrogens is 3. The number of benzene rings is 2. The van der Waals surface area contributed by atoms with Crippen LogP contribution in [0.4, 0.5) is 5.82 Å². The molecule has 2 aromatic carbocycles. The number of amides is 1. The summed E-state index contributed by atoms with van der Waals surface area (Å²) in [5.41, 5.74) is 4.76. The van der Waals surface area contributed by atoms with Gasteiger partial charge in [0, 0.05) is 17.9 Å². The van der Waals surface area contributed by atoms with Crippen LogP contribution in [0.25, 0.3) is 15.3 Å². The third-order valence-corrected chi connectivity index (χ3v) is 6.90. The number of rotatable bonds is 5. The number of fused-ring (bicyclic) bond motifs is 2. The largest absolute Gasteiger partial charge is 0.493 e. The summed E-state index contributed by atoms with van der Waals surface area (Å²) in [6, 6.07) is 9.94. The van der Waals surface area contributed by atoms with Crippen LogP contribution >= 0.6 is 11.3 Å². The van der Waals surface area contributed by atoms with Gasteiger partial charge in [-0.15, -0.1) is 0 Å². The zero-order valence-corrected chi connectivity index (χ0v) is 19.9. The van der Waals surface area contributed by atoms with E-state index in [1.54, 1.807) is 37.3 Å². The van der Waals surface area contributed by atoms with E-state index in [1.807, 2.05) is 31.2 Å². The van der Waals surface area contributed by atoms with Crippen LogP contribution in [0.3, 0.4) is 0 Å². The minimum Gasteiger partial charge on any atom is -0.493 e. The molecule has 0 fully saturated rings. The average molecular weight is 465 g/mol. The fourth-order valence-electron chi connectivity index (χ4n) is 4.38. The number of nitrogens with zero attached hydrogens (tertiary/aromatic N) is 3. The third-order valence-electron chi connectivity index (χ3n) is 5.91. The van der Waals surface area contributed by atoms with Crippen molar-refractivity contribution < 1.29 is 19.0 Å². The molecule has 2 aromatic heterocycles. The van der Waals surface area contributed by atoms with Crippen LogP contribution in [0.5, 0.6) is 17.2 Å². The van der Waals surface area contributed by atoms with E-state index < -0.39 is 0 Å². The predicted molar refractivity (Wildman–Crippen MR) is 127 cm³/mol. The van der Waals surface area contributed by atoms with Crippen LogP contribution in [-0.2, 0) is 4.79 Å². The molecule has 0 aliphatic carbocycles. The first kappa shape index (κ1) is 21.3. The first-order valence-corrected chi connectivity index (χ1v) is 11.3. The molecule has 5 rings (SSSR count). The van der Waals surface area contributed by atoms with Gasteiger partial charge < -0.3 is 19.5 Å². The van der Waals surface area contributed by atoms with Gasteiger partial charge in [0.2, 0.25) is 16.8 Å². The maximum atomic E-state index is 12.8. The number of methoxy groups -OCH3 is 3. The van der Waals surface area contributed by atoms with Gasteiger partial charge in [0.25, 0.3) is 0 Å². The monoisotopic (exact) mass is 464 g/mol. The quantitative estimate of drug-likeness (QED) is 0.465. The lowest BCUT2D eigenvalue weighted by Crippen LogP contribution is -2.25. The first-order chi connectivity index (χ1) is 15.9. The van der Waals surface area contributed by atoms with Gasteiger partial charge in [0.15, 0.2) is 11.5 Å². The summed E-state index contributed by atoms with van der Waals surface area (Å²) < 4.78 is 19.4. The lowest BCUT2D eigenvalue weighted by Gasteiger charge is -2.25. The number of thiazole rings is 1. The summed E-state index contributed by atoms with van der Waals surface area (Å²) in [5.74, 6) is 1.96. The Labute approximate surface area is 195 Å². The second kappa shape index (κ2) is 8.08. The Balaban J connectivity index is 1.66. The zero-order chi connectivity index (χ0) is 23.3. The van der Waals surface area contributed by atoms with Crippen molar-refractivity contribution in [1.82, 2.24) is 14.8 Å². The molecule has 1 aliphatic heterocycles. The summed E-state index contributed by atoms with van der Waals surface area (Å²) in [6.07, 6.45) is 0.289. The van der Waals surface area contributed by atoms with Gasteiger partial charge >= 0.3 is 0 Å². The second-order valence-corrected chi connectivity index (χ2v) is 9.00. The lowest BCUT2D eigenvalue weighted by atomic mass is 9.85. The smallest absolute Gasteiger partial charge is 0.226 e. The van der Waals surface area contributed by atoms with Crippen molar-refractivity contribution >= 4 is 33.3 Å². The number of carbonyl (C=O) groups is 1. The Morgan fingerprint density at radius 1 is 1.06 bits per heavy atom. The molecule has 1 atom stereocenters. The van der Waals surface area contributed by atoms with E-state index in [9.17, 15) is 4.79 Å². The van der Waals surface area contributed by atoms with Gasteiger partial charge in [-0.2, -0.15) is 9.78 Å². The average Bonchev–Trinajstić information content (AvgIpc) is 3.37. The summed E-state index contributed by atoms with van der Waals surface area (Å²) in [6.45, 7) is 4.01. The highest BCUT2D eigenvalue weighted by Crippen LogP contribution is 2.46. The van der Waals surface area contributed by atoms with Crippen molar-refractivity contribution in [1.29, 1.82) is 0 Å². The topological polar surface area (TPSA) is 87.5 Å². The predicted octanol–water partition coefficient (Wildman–Crippen LogP) is 4.60. The number of hydrogen-bond donors (Lipinski definition) is 1. The molecule has 0 unspecified atom stereocenters. The van der Waals surface area contributed by atoms with E-state index in [0.717, 1.165) is 27.0 Å². The van der Waals surface area contributed by atoms with Crippen molar-refractivity contribution in [3.8, 4) is 22.4 Å². The molecule has 0 bridgehead atoms. The molecule has 3 heterocycles. The van der Waals surface area contributed by atoms with Gasteiger partial charge in [-0.3, -0.25) is 4.79 Å². The molecule has 8 nitrogen and oxygen atoms in total. The highest BCUT2D eigenvalue weighted by Gasteiger charge is 2.34. The van der Waals surface area contributed by atoms with E-state index >= 15 is 0 Å². The molecule has 0 spiro atoms. The first-order valence-electron chi connectivity index (χ1n) is 10.5. The molecule has 0 saturated carbocycles. The van der Waals surface area contributed by atoms with Crippen LogP contribution < -0.4 is 19.5 Å². The van der Waals surface area contributed by atoms with Gasteiger partial charge in [0.1, 0.15) is 5.82 Å². The van der Waals surface area contributed by atoms with Gasteiger partial charge in [-0.25, -0.2) is 4.98 Å². The van der Waals surface area contributed by atoms with Gasteiger partial charge in [0.05, 0.1) is 37.2 Å². The number of aryl methyl sites for hydroxylation is 2. The summed E-state index contributed by atoms with van der Waals surface area (Å²) in [4.78, 5) is 17.6. The molecule has 33 heavy (non-hydrogen) atoms. The fraction of sp³-hybridized carbons (Fsp3) is 0.292. The number of hydrogen-bond acceptors (Lipinski definition) is 7. The van der Waals surface area contributed by atoms with Gasteiger partial charge in [-0.1, -0.05) is 17.4 Å². The zero-order valence-electron chi connectivity index (χ0n) is 19.1. The number of nitrogens with one attached hydrogen (secondary N) is 1. The van der Waals surface area contributed by atoms with E-state index in [-0.39, 0.29) is 18.2 Å². The third kappa shape index (κ3) is 3.48. The number of carbonyl (C=O) groups excluding carboxylic acids is 1. The molecular weight excluding hydrogens is 440 g/mol. The maximum absolute atomic E-state index is 12.8. The molecule has 4 aromatic rings. The molecule has 0 radical (unpaired) electrons. The Morgan fingerprint density at radius 2 is 1.79 bits per heavy atom. The van der Waals surface area contributed by atoms with E-state index in [4.69, 9.17) is 24.3 Å². The highest BCUT2D eigenvalue weighted by molar-refractivity contribution is 7.20. The van der Waals surface area contributed by atoms with Crippen LogP contribution in [-0.4, -0.2) is 42.0 Å². The van der Waals surface area contributed by atoms with Crippen LogP contribution in [0.2, 0.25) is 0 Å². The maximum Gasteiger partial charge on any atom is 0.226 e. The molecule has 1 N–H and O–H groups in total. The Kier molecular flexibility index (Phi) is 5.20. The molecule has 0 saturated heterocycles. The molecule has 170 valence electrons. The minimum atomic E-state index is -0.215. The Bertz CT molecular complexity index is 1370. The number of anilines is 1. The van der Waals surface area contributed by atoms with Crippen LogP contribution in [0, 0.1) is 13.8 Å². The van der Waals surface area contributed by atoms with Crippen LogP contribution in [0.1, 0.15) is 34.7 Å². The van der Waals surface area contributed by atoms with E-state index in [2.05, 4.69) is 18.3 Å². The van der Waals surface area contributed by atoms with Crippen molar-refractivity contribution in [3.63, 3.8) is 0 Å². The van der Waals surface area contributed by atoms with Crippen molar-refractivity contribution in [2.45, 2.75) is 26.2 Å². The molecule has 1 aliphatic rings. The molecule has 9 heteroatoms. The van der Waals surface area contributed by atoms with Crippen LogP contribution in [0.15, 0.2) is 30.3 Å². The number of ether oxygens (including phenoxy) is 3. The minimum absolute atomic E-state index is 0.0839. The molecule has 1 amide bonds. The normalized spacial score (nSPS) is 15.3. The lowest BCUT2D eigenvalue weighted by molar-refractivity contribution is -0.116. The second-order valence-electron chi connectivity index (χ2n) is 7.99. The fourth-order valence-corrected chi connectivity index (χ4v) is 5.41. The van der Waals surface area contributed by atoms with Crippen molar-refractivity contribution in [3.05, 3.63) is 52.7 Å². The van der Waals surface area contributed by atoms with Crippen molar-refractivity contribution in [2.75, 3.05) is 26.6 Å².